The number of hydrogen-bond donors (Lipinski definition) is 1. The quantitative estimate of drug-likeness (QED) is 0.722. The van der Waals surface area contributed by atoms with Crippen molar-refractivity contribution in [2.45, 2.75) is 39.2 Å². The molecule has 1 amide bonds. The van der Waals surface area contributed by atoms with Gasteiger partial charge in [-0.1, -0.05) is 5.92 Å². The molecule has 0 atom stereocenters. The molecule has 0 bridgehead atoms. The van der Waals surface area contributed by atoms with Gasteiger partial charge in [0.15, 0.2) is 0 Å². The first-order valence-electron chi connectivity index (χ1n) is 5.89. The number of likely N-dealkylation sites (tertiary alicyclic amines) is 1. The molecule has 0 aromatic carbocycles. The van der Waals surface area contributed by atoms with Crippen LogP contribution in [0.4, 0.5) is 4.79 Å². The second-order valence-corrected chi connectivity index (χ2v) is 5.50. The number of amides is 1. The number of carbonyl (C=O) groups excluding carboxylic acids is 1. The molecule has 1 rings (SSSR count). The minimum atomic E-state index is -1.14. The van der Waals surface area contributed by atoms with Crippen molar-refractivity contribution in [1.82, 2.24) is 4.90 Å². The smallest absolute Gasteiger partial charge is 0.410 e. The van der Waals surface area contributed by atoms with Gasteiger partial charge in [0.05, 0.1) is 0 Å². The van der Waals surface area contributed by atoms with E-state index in [1.807, 2.05) is 0 Å². The van der Waals surface area contributed by atoms with E-state index < -0.39 is 23.1 Å². The van der Waals surface area contributed by atoms with Crippen LogP contribution in [-0.4, -0.2) is 40.8 Å². The Hall–Kier alpha value is -1.70. The topological polar surface area (TPSA) is 66.8 Å². The van der Waals surface area contributed by atoms with Gasteiger partial charge in [0, 0.05) is 13.1 Å². The van der Waals surface area contributed by atoms with Crippen molar-refractivity contribution in [2.24, 2.45) is 5.41 Å². The van der Waals surface area contributed by atoms with E-state index >= 15 is 0 Å². The first kappa shape index (κ1) is 14.4. The molecule has 1 aliphatic rings. The van der Waals surface area contributed by atoms with E-state index in [0.29, 0.717) is 13.1 Å². The first-order chi connectivity index (χ1) is 8.20. The monoisotopic (exact) mass is 253 g/mol. The zero-order chi connectivity index (χ0) is 14.0. The molecule has 0 radical (unpaired) electrons. The summed E-state index contributed by atoms with van der Waals surface area (Å²) in [6.07, 6.45) is 5.40. The van der Waals surface area contributed by atoms with E-state index in [9.17, 15) is 9.59 Å². The Morgan fingerprint density at radius 1 is 1.33 bits per heavy atom. The molecule has 0 saturated carbocycles. The molecule has 1 heterocycles. The van der Waals surface area contributed by atoms with Crippen LogP contribution in [-0.2, 0) is 9.53 Å². The predicted molar refractivity (Wildman–Crippen MR) is 65.9 cm³/mol. The van der Waals surface area contributed by atoms with Crippen LogP contribution >= 0.6 is 0 Å². The van der Waals surface area contributed by atoms with Crippen LogP contribution in [0.2, 0.25) is 0 Å². The Bertz CT molecular complexity index is 381. The maximum Gasteiger partial charge on any atom is 0.410 e. The lowest BCUT2D eigenvalue weighted by atomic mass is 9.79. The van der Waals surface area contributed by atoms with E-state index in [1.165, 1.54) is 4.90 Å². The second kappa shape index (κ2) is 4.89. The maximum atomic E-state index is 11.8. The van der Waals surface area contributed by atoms with Crippen molar-refractivity contribution in [3.8, 4) is 12.3 Å². The number of carboxylic acids is 1. The Kier molecular flexibility index (Phi) is 3.90. The summed E-state index contributed by atoms with van der Waals surface area (Å²) in [6, 6.07) is 0. The third kappa shape index (κ3) is 3.16. The fraction of sp³-hybridized carbons (Fsp3) is 0.692. The summed E-state index contributed by atoms with van der Waals surface area (Å²) < 4.78 is 5.23. The van der Waals surface area contributed by atoms with Gasteiger partial charge >= 0.3 is 12.1 Å². The van der Waals surface area contributed by atoms with Crippen LogP contribution < -0.4 is 0 Å². The second-order valence-electron chi connectivity index (χ2n) is 5.50. The lowest BCUT2D eigenvalue weighted by Gasteiger charge is -2.36. The number of ether oxygens (including phenoxy) is 1. The van der Waals surface area contributed by atoms with Crippen LogP contribution in [0.5, 0.6) is 0 Å². The van der Waals surface area contributed by atoms with E-state index in [4.69, 9.17) is 16.3 Å². The van der Waals surface area contributed by atoms with Gasteiger partial charge in [0.25, 0.3) is 0 Å². The molecular formula is C13H19NO4. The number of carbonyl (C=O) groups is 2. The molecule has 0 aromatic rings. The van der Waals surface area contributed by atoms with Crippen molar-refractivity contribution >= 4 is 12.1 Å². The summed E-state index contributed by atoms with van der Waals surface area (Å²) in [7, 11) is 0. The van der Waals surface area contributed by atoms with Gasteiger partial charge < -0.3 is 14.7 Å². The van der Waals surface area contributed by atoms with Crippen molar-refractivity contribution in [1.29, 1.82) is 0 Å². The van der Waals surface area contributed by atoms with Crippen LogP contribution in [0, 0.1) is 17.8 Å². The molecular weight excluding hydrogens is 234 g/mol. The lowest BCUT2D eigenvalue weighted by Crippen LogP contribution is -2.47. The number of aliphatic carboxylic acids is 1. The van der Waals surface area contributed by atoms with Gasteiger partial charge in [-0.05, 0) is 33.6 Å². The molecule has 0 unspecified atom stereocenters. The highest BCUT2D eigenvalue weighted by atomic mass is 16.6. The summed E-state index contributed by atoms with van der Waals surface area (Å²) in [5.41, 5.74) is -1.69. The van der Waals surface area contributed by atoms with Gasteiger partial charge in [-0.25, -0.2) is 4.79 Å². The van der Waals surface area contributed by atoms with Crippen molar-refractivity contribution in [2.75, 3.05) is 13.1 Å². The highest BCUT2D eigenvalue weighted by molar-refractivity contribution is 5.79. The minimum absolute atomic E-state index is 0.262. The number of nitrogens with zero attached hydrogens (tertiary/aromatic N) is 1. The summed E-state index contributed by atoms with van der Waals surface area (Å²) >= 11 is 0. The number of rotatable bonds is 1. The SMILES string of the molecule is C#CC1(C(=O)O)CCN(C(=O)OC(C)(C)C)CC1. The van der Waals surface area contributed by atoms with Gasteiger partial charge in [0.2, 0.25) is 0 Å². The van der Waals surface area contributed by atoms with E-state index in [-0.39, 0.29) is 12.8 Å². The molecule has 5 heteroatoms. The standard InChI is InChI=1S/C13H19NO4/c1-5-13(10(15)16)6-8-14(9-7-13)11(17)18-12(2,3)4/h1H,6-9H2,2-4H3,(H,15,16). The molecule has 1 aliphatic heterocycles. The molecule has 0 spiro atoms. The zero-order valence-electron chi connectivity index (χ0n) is 11.0. The molecule has 1 saturated heterocycles. The number of piperidine rings is 1. The van der Waals surface area contributed by atoms with E-state index in [0.717, 1.165) is 0 Å². The summed E-state index contributed by atoms with van der Waals surface area (Å²) in [5.74, 6) is 1.35. The Balaban J connectivity index is 2.62. The normalized spacial score (nSPS) is 18.9. The van der Waals surface area contributed by atoms with Crippen LogP contribution in [0.1, 0.15) is 33.6 Å². The maximum absolute atomic E-state index is 11.8. The fourth-order valence-corrected chi connectivity index (χ4v) is 1.82. The van der Waals surface area contributed by atoms with Gasteiger partial charge in [-0.2, -0.15) is 0 Å². The van der Waals surface area contributed by atoms with Gasteiger partial charge in [-0.15, -0.1) is 6.42 Å². The number of terminal acetylenes is 1. The van der Waals surface area contributed by atoms with Crippen molar-refractivity contribution < 1.29 is 19.4 Å². The molecule has 100 valence electrons. The van der Waals surface area contributed by atoms with Crippen LogP contribution in [0.3, 0.4) is 0 Å². The van der Waals surface area contributed by atoms with Gasteiger partial charge in [-0.3, -0.25) is 4.79 Å². The van der Waals surface area contributed by atoms with Crippen LogP contribution in [0.15, 0.2) is 0 Å². The van der Waals surface area contributed by atoms with Gasteiger partial charge in [0.1, 0.15) is 11.0 Å². The summed E-state index contributed by atoms with van der Waals surface area (Å²) in [5, 5.41) is 9.12. The van der Waals surface area contributed by atoms with Crippen LogP contribution in [0.25, 0.3) is 0 Å². The Morgan fingerprint density at radius 3 is 2.17 bits per heavy atom. The Labute approximate surface area is 107 Å². The van der Waals surface area contributed by atoms with Crippen molar-refractivity contribution in [3.05, 3.63) is 0 Å². The van der Waals surface area contributed by atoms with E-state index in [2.05, 4.69) is 5.92 Å². The number of carboxylic acid groups (broad SMARTS) is 1. The Morgan fingerprint density at radius 2 is 1.83 bits per heavy atom. The molecule has 0 aromatic heterocycles. The molecule has 18 heavy (non-hydrogen) atoms. The van der Waals surface area contributed by atoms with Crippen molar-refractivity contribution in [3.63, 3.8) is 0 Å². The highest BCUT2D eigenvalue weighted by Crippen LogP contribution is 2.31. The zero-order valence-corrected chi connectivity index (χ0v) is 11.0. The molecule has 0 aliphatic carbocycles. The number of hydrogen-bond acceptors (Lipinski definition) is 3. The average Bonchev–Trinajstić information content (AvgIpc) is 2.26. The largest absolute Gasteiger partial charge is 0.480 e. The minimum Gasteiger partial charge on any atom is -0.480 e. The average molecular weight is 253 g/mol. The molecule has 5 nitrogen and oxygen atoms in total. The highest BCUT2D eigenvalue weighted by Gasteiger charge is 2.41. The third-order valence-corrected chi connectivity index (χ3v) is 2.95. The first-order valence-corrected chi connectivity index (χ1v) is 5.89. The predicted octanol–water partition coefficient (Wildman–Crippen LogP) is 1.72. The van der Waals surface area contributed by atoms with E-state index in [1.54, 1.807) is 20.8 Å². The summed E-state index contributed by atoms with van der Waals surface area (Å²) in [6.45, 7) is 5.99. The third-order valence-electron chi connectivity index (χ3n) is 2.95. The molecule has 1 N–H and O–H groups in total. The lowest BCUT2D eigenvalue weighted by molar-refractivity contribution is -0.147. The molecule has 1 fully saturated rings. The fourth-order valence-electron chi connectivity index (χ4n) is 1.82. The summed E-state index contributed by atoms with van der Waals surface area (Å²) in [4.78, 5) is 24.4.